The Kier molecular flexibility index (Phi) is 39.2. The highest BCUT2D eigenvalue weighted by Crippen LogP contribution is 2.43. The Morgan fingerprint density at radius 2 is 1.04 bits per heavy atom. The molecular weight excluding hydrogens is 673 g/mol. The number of esters is 1. The Bertz CT molecular complexity index is 936. The molecule has 52 heavy (non-hydrogen) atoms. The average molecular weight is 754 g/mol. The molecule has 9 heteroatoms. The maximum Gasteiger partial charge on any atom is 0.472 e. The van der Waals surface area contributed by atoms with E-state index in [1.165, 1.54) is 128 Å². The minimum atomic E-state index is -4.31. The summed E-state index contributed by atoms with van der Waals surface area (Å²) in [6.07, 6.45) is 48.1. The van der Waals surface area contributed by atoms with E-state index < -0.39 is 19.9 Å². The SMILES string of the molecule is CCCCCCCCCC=CCC=CCC=CCCC(=O)OC(COC=CCCCCCCCCCCCCCCCC)COP(=O)(O)OCCN. The standard InChI is InChI=1S/C43H80NO7P/c1-3-5-7-9-11-13-15-17-19-21-22-24-26-28-30-32-34-36-43(45)51-42(41-50-52(46,47)49-39-37-44)40-48-38-35-33-31-29-27-25-23-20-18-16-14-12-10-8-6-4-2/h19,21,24,26,30,32,35,38,42H,3-18,20,22-23,25,27-29,31,33-34,36-37,39-41,44H2,1-2H3,(H,46,47). The van der Waals surface area contributed by atoms with Gasteiger partial charge in [-0.1, -0.05) is 172 Å². The summed E-state index contributed by atoms with van der Waals surface area (Å²) in [5.74, 6) is -0.425. The first-order valence-corrected chi connectivity index (χ1v) is 22.7. The Labute approximate surface area is 320 Å². The number of carbonyl (C=O) groups excluding carboxylic acids is 1. The smallest absolute Gasteiger partial charge is 0.472 e. The van der Waals surface area contributed by atoms with Crippen molar-refractivity contribution in [3.63, 3.8) is 0 Å². The van der Waals surface area contributed by atoms with Crippen LogP contribution in [0.1, 0.15) is 187 Å². The Morgan fingerprint density at radius 1 is 0.596 bits per heavy atom. The minimum absolute atomic E-state index is 0.00595. The maximum atomic E-state index is 12.5. The molecule has 0 bridgehead atoms. The summed E-state index contributed by atoms with van der Waals surface area (Å²) in [5, 5.41) is 0. The monoisotopic (exact) mass is 754 g/mol. The van der Waals surface area contributed by atoms with Gasteiger partial charge in [0, 0.05) is 13.0 Å². The number of rotatable bonds is 40. The number of unbranched alkanes of at least 4 members (excludes halogenated alkanes) is 21. The second-order valence-corrected chi connectivity index (χ2v) is 15.4. The fourth-order valence-corrected chi connectivity index (χ4v) is 6.46. The molecule has 2 unspecified atom stereocenters. The highest BCUT2D eigenvalue weighted by molar-refractivity contribution is 7.47. The summed E-state index contributed by atoms with van der Waals surface area (Å²) < 4.78 is 33.1. The topological polar surface area (TPSA) is 117 Å². The first-order chi connectivity index (χ1) is 25.4. The Morgan fingerprint density at radius 3 is 1.54 bits per heavy atom. The van der Waals surface area contributed by atoms with E-state index in [2.05, 4.69) is 38.2 Å². The lowest BCUT2D eigenvalue weighted by Gasteiger charge is -2.19. The van der Waals surface area contributed by atoms with E-state index >= 15 is 0 Å². The molecule has 0 aliphatic heterocycles. The summed E-state index contributed by atoms with van der Waals surface area (Å²) in [6, 6.07) is 0. The van der Waals surface area contributed by atoms with Crippen LogP contribution in [-0.2, 0) is 27.9 Å². The van der Waals surface area contributed by atoms with Gasteiger partial charge in [-0.05, 0) is 51.0 Å². The number of ether oxygens (including phenoxy) is 2. The summed E-state index contributed by atoms with van der Waals surface area (Å²) in [7, 11) is -4.31. The molecule has 304 valence electrons. The molecule has 0 aromatic rings. The lowest BCUT2D eigenvalue weighted by Crippen LogP contribution is -2.27. The zero-order valence-electron chi connectivity index (χ0n) is 33.5. The number of phosphoric ester groups is 1. The van der Waals surface area contributed by atoms with E-state index in [-0.39, 0.29) is 32.8 Å². The number of hydrogen-bond acceptors (Lipinski definition) is 7. The molecule has 0 spiro atoms. The first-order valence-electron chi connectivity index (χ1n) is 21.2. The van der Waals surface area contributed by atoms with Crippen molar-refractivity contribution >= 4 is 13.8 Å². The van der Waals surface area contributed by atoms with Gasteiger partial charge in [0.25, 0.3) is 0 Å². The molecule has 0 rings (SSSR count). The van der Waals surface area contributed by atoms with Crippen molar-refractivity contribution in [2.45, 2.75) is 193 Å². The molecule has 0 amide bonds. The van der Waals surface area contributed by atoms with Gasteiger partial charge in [0.15, 0.2) is 6.10 Å². The van der Waals surface area contributed by atoms with Gasteiger partial charge in [0.05, 0.1) is 19.5 Å². The van der Waals surface area contributed by atoms with Gasteiger partial charge < -0.3 is 20.1 Å². The van der Waals surface area contributed by atoms with Crippen LogP contribution < -0.4 is 5.73 Å². The lowest BCUT2D eigenvalue weighted by atomic mass is 10.0. The predicted octanol–water partition coefficient (Wildman–Crippen LogP) is 12.8. The van der Waals surface area contributed by atoms with Crippen molar-refractivity contribution in [3.05, 3.63) is 48.8 Å². The third-order valence-corrected chi connectivity index (χ3v) is 9.81. The average Bonchev–Trinajstić information content (AvgIpc) is 3.13. The molecule has 0 aromatic carbocycles. The van der Waals surface area contributed by atoms with Gasteiger partial charge in [0.1, 0.15) is 6.61 Å². The molecule has 8 nitrogen and oxygen atoms in total. The van der Waals surface area contributed by atoms with Crippen LogP contribution in [0.2, 0.25) is 0 Å². The van der Waals surface area contributed by atoms with E-state index in [0.717, 1.165) is 32.1 Å². The molecule has 0 aliphatic rings. The van der Waals surface area contributed by atoms with E-state index in [0.29, 0.717) is 6.42 Å². The van der Waals surface area contributed by atoms with Crippen LogP contribution >= 0.6 is 7.82 Å². The molecule has 0 aliphatic carbocycles. The van der Waals surface area contributed by atoms with Gasteiger partial charge in [-0.25, -0.2) is 4.57 Å². The molecule has 0 fully saturated rings. The Hall–Kier alpha value is -1.70. The zero-order valence-corrected chi connectivity index (χ0v) is 34.4. The van der Waals surface area contributed by atoms with Gasteiger partial charge in [0.2, 0.25) is 0 Å². The Balaban J connectivity index is 4.20. The van der Waals surface area contributed by atoms with Crippen molar-refractivity contribution in [1.29, 1.82) is 0 Å². The molecule has 0 heterocycles. The highest BCUT2D eigenvalue weighted by Gasteiger charge is 2.25. The third kappa shape index (κ3) is 39.5. The van der Waals surface area contributed by atoms with E-state index in [9.17, 15) is 14.3 Å². The van der Waals surface area contributed by atoms with Gasteiger partial charge in [-0.15, -0.1) is 0 Å². The van der Waals surface area contributed by atoms with Crippen molar-refractivity contribution in [3.8, 4) is 0 Å². The summed E-state index contributed by atoms with van der Waals surface area (Å²) in [6.45, 7) is 4.17. The van der Waals surface area contributed by atoms with Gasteiger partial charge in [-0.2, -0.15) is 0 Å². The quantitative estimate of drug-likeness (QED) is 0.0209. The summed E-state index contributed by atoms with van der Waals surface area (Å²) >= 11 is 0. The van der Waals surface area contributed by atoms with Crippen molar-refractivity contribution in [1.82, 2.24) is 0 Å². The second-order valence-electron chi connectivity index (χ2n) is 13.9. The number of nitrogens with two attached hydrogens (primary N) is 1. The van der Waals surface area contributed by atoms with Crippen molar-refractivity contribution < 1.29 is 32.8 Å². The van der Waals surface area contributed by atoms with Crippen LogP contribution in [0.15, 0.2) is 48.8 Å². The van der Waals surface area contributed by atoms with Crippen molar-refractivity contribution in [2.24, 2.45) is 5.73 Å². The van der Waals surface area contributed by atoms with Crippen LogP contribution in [0.3, 0.4) is 0 Å². The van der Waals surface area contributed by atoms with E-state index in [4.69, 9.17) is 24.3 Å². The summed E-state index contributed by atoms with van der Waals surface area (Å²) in [4.78, 5) is 22.4. The highest BCUT2D eigenvalue weighted by atomic mass is 31.2. The molecule has 0 saturated carbocycles. The molecule has 0 radical (unpaired) electrons. The zero-order chi connectivity index (χ0) is 38.1. The number of hydrogen-bond donors (Lipinski definition) is 2. The fraction of sp³-hybridized carbons (Fsp3) is 0.791. The summed E-state index contributed by atoms with van der Waals surface area (Å²) in [5.41, 5.74) is 5.35. The maximum absolute atomic E-state index is 12.5. The molecular formula is C43H80NO7P. The number of carbonyl (C=O) groups is 1. The predicted molar refractivity (Wildman–Crippen MR) is 219 cm³/mol. The molecule has 0 saturated heterocycles. The fourth-order valence-electron chi connectivity index (χ4n) is 5.70. The van der Waals surface area contributed by atoms with Crippen molar-refractivity contribution in [2.75, 3.05) is 26.4 Å². The van der Waals surface area contributed by atoms with Crippen LogP contribution in [0, 0.1) is 0 Å². The second kappa shape index (κ2) is 40.5. The molecule has 2 atom stereocenters. The largest absolute Gasteiger partial charge is 0.498 e. The number of phosphoric acid groups is 1. The van der Waals surface area contributed by atoms with Crippen LogP contribution in [0.25, 0.3) is 0 Å². The van der Waals surface area contributed by atoms with Gasteiger partial charge in [-0.3, -0.25) is 13.8 Å². The van der Waals surface area contributed by atoms with Crippen LogP contribution in [-0.4, -0.2) is 43.3 Å². The van der Waals surface area contributed by atoms with Crippen LogP contribution in [0.4, 0.5) is 0 Å². The van der Waals surface area contributed by atoms with Crippen LogP contribution in [0.5, 0.6) is 0 Å². The third-order valence-electron chi connectivity index (χ3n) is 8.83. The molecule has 0 aromatic heterocycles. The minimum Gasteiger partial charge on any atom is -0.498 e. The van der Waals surface area contributed by atoms with Gasteiger partial charge >= 0.3 is 13.8 Å². The number of allylic oxidation sites excluding steroid dienone is 7. The lowest BCUT2D eigenvalue weighted by molar-refractivity contribution is -0.153. The normalized spacial score (nSPS) is 13.9. The van der Waals surface area contributed by atoms with E-state index in [1.807, 2.05) is 18.2 Å². The van der Waals surface area contributed by atoms with E-state index in [1.54, 1.807) is 6.26 Å². The molecule has 3 N–H and O–H groups in total. The first kappa shape index (κ1) is 50.3.